The first-order valence-corrected chi connectivity index (χ1v) is 9.17. The van der Waals surface area contributed by atoms with Crippen LogP contribution in [0.5, 0.6) is 0 Å². The van der Waals surface area contributed by atoms with E-state index >= 15 is 0 Å². The molecule has 0 bridgehead atoms. The monoisotopic (exact) mass is 337 g/mol. The molecule has 1 aliphatic rings. The third kappa shape index (κ3) is 2.97. The van der Waals surface area contributed by atoms with Crippen LogP contribution >= 0.6 is 0 Å². The van der Waals surface area contributed by atoms with Gasteiger partial charge in [-0.1, -0.05) is 0 Å². The largest absolute Gasteiger partial charge is 0.304 e. The van der Waals surface area contributed by atoms with E-state index in [0.29, 0.717) is 6.04 Å². The summed E-state index contributed by atoms with van der Waals surface area (Å²) in [6, 6.07) is 4.62. The summed E-state index contributed by atoms with van der Waals surface area (Å²) < 4.78 is 4.37. The molecule has 5 nitrogen and oxygen atoms in total. The maximum absolute atomic E-state index is 4.68. The van der Waals surface area contributed by atoms with Crippen LogP contribution in [-0.2, 0) is 18.5 Å². The van der Waals surface area contributed by atoms with Crippen LogP contribution in [0, 0.1) is 6.92 Å². The minimum atomic E-state index is 0.0367. The molecule has 25 heavy (non-hydrogen) atoms. The van der Waals surface area contributed by atoms with Gasteiger partial charge in [-0.25, -0.2) is 4.98 Å². The van der Waals surface area contributed by atoms with Gasteiger partial charge in [0.05, 0.1) is 23.6 Å². The van der Waals surface area contributed by atoms with Crippen molar-refractivity contribution in [2.45, 2.75) is 65.1 Å². The predicted octanol–water partition coefficient (Wildman–Crippen LogP) is 3.76. The van der Waals surface area contributed by atoms with Gasteiger partial charge in [-0.05, 0) is 64.7 Å². The van der Waals surface area contributed by atoms with Gasteiger partial charge in [-0.15, -0.1) is 0 Å². The highest BCUT2D eigenvalue weighted by Crippen LogP contribution is 2.32. The molecule has 132 valence electrons. The lowest BCUT2D eigenvalue weighted by Gasteiger charge is -2.28. The van der Waals surface area contributed by atoms with Crippen molar-refractivity contribution in [2.75, 3.05) is 0 Å². The zero-order valence-electron chi connectivity index (χ0n) is 15.6. The number of pyridine rings is 1. The Bertz CT molecular complexity index is 897. The van der Waals surface area contributed by atoms with E-state index in [4.69, 9.17) is 0 Å². The Hall–Kier alpha value is -2.14. The third-order valence-electron chi connectivity index (χ3n) is 5.09. The fourth-order valence-corrected chi connectivity index (χ4v) is 3.84. The van der Waals surface area contributed by atoms with Gasteiger partial charge in [-0.3, -0.25) is 4.68 Å². The average Bonchev–Trinajstić information content (AvgIpc) is 3.16. The Morgan fingerprint density at radius 1 is 1.28 bits per heavy atom. The Balaban J connectivity index is 1.55. The van der Waals surface area contributed by atoms with Crippen molar-refractivity contribution in [3.63, 3.8) is 0 Å². The van der Waals surface area contributed by atoms with E-state index in [9.17, 15) is 0 Å². The summed E-state index contributed by atoms with van der Waals surface area (Å²) in [7, 11) is 0. The Kier molecular flexibility index (Phi) is 3.91. The minimum Gasteiger partial charge on any atom is -0.304 e. The molecule has 4 rings (SSSR count). The van der Waals surface area contributed by atoms with Crippen LogP contribution < -0.4 is 5.32 Å². The first-order chi connectivity index (χ1) is 11.9. The second kappa shape index (κ2) is 5.99. The van der Waals surface area contributed by atoms with E-state index in [-0.39, 0.29) is 5.54 Å². The molecule has 3 aromatic heterocycles. The molecule has 1 aliphatic carbocycles. The number of aryl methyl sites for hydroxylation is 1. The SMILES string of the molecule is Cc1ccn2c(CNC3CCCc4c3cnn4C(C)(C)C)cnc2c1. The number of nitrogens with one attached hydrogen (secondary N) is 1. The van der Waals surface area contributed by atoms with Crippen LogP contribution in [0.4, 0.5) is 0 Å². The van der Waals surface area contributed by atoms with Crippen LogP contribution in [-0.4, -0.2) is 19.2 Å². The Morgan fingerprint density at radius 3 is 2.92 bits per heavy atom. The number of hydrogen-bond donors (Lipinski definition) is 1. The lowest BCUT2D eigenvalue weighted by molar-refractivity contribution is 0.334. The lowest BCUT2D eigenvalue weighted by atomic mass is 9.92. The maximum Gasteiger partial charge on any atom is 0.137 e. The lowest BCUT2D eigenvalue weighted by Crippen LogP contribution is -2.29. The van der Waals surface area contributed by atoms with Gasteiger partial charge in [0.15, 0.2) is 0 Å². The number of fused-ring (bicyclic) bond motifs is 2. The molecule has 1 atom stereocenters. The van der Waals surface area contributed by atoms with Crippen molar-refractivity contribution in [2.24, 2.45) is 0 Å². The third-order valence-corrected chi connectivity index (χ3v) is 5.09. The summed E-state index contributed by atoms with van der Waals surface area (Å²) in [6.45, 7) is 9.57. The Labute approximate surface area is 149 Å². The van der Waals surface area contributed by atoms with Crippen molar-refractivity contribution in [1.82, 2.24) is 24.5 Å². The standard InChI is InChI=1S/C20H27N5/c1-14-8-9-24-15(12-22-19(24)10-14)11-21-17-6-5-7-18-16(17)13-23-25(18)20(2,3)4/h8-10,12-13,17,21H,5-7,11H2,1-4H3. The van der Waals surface area contributed by atoms with Crippen molar-refractivity contribution in [3.05, 3.63) is 53.2 Å². The molecule has 1 unspecified atom stereocenters. The summed E-state index contributed by atoms with van der Waals surface area (Å²) in [6.07, 6.45) is 9.65. The van der Waals surface area contributed by atoms with E-state index in [2.05, 4.69) is 76.7 Å². The number of aromatic nitrogens is 4. The predicted molar refractivity (Wildman–Crippen MR) is 99.7 cm³/mol. The normalized spacial score (nSPS) is 17.8. The highest BCUT2D eigenvalue weighted by molar-refractivity contribution is 5.43. The van der Waals surface area contributed by atoms with E-state index in [1.807, 2.05) is 6.20 Å². The fraction of sp³-hybridized carbons (Fsp3) is 0.500. The molecule has 1 N–H and O–H groups in total. The first kappa shape index (κ1) is 16.3. The highest BCUT2D eigenvalue weighted by atomic mass is 15.3. The number of rotatable bonds is 3. The van der Waals surface area contributed by atoms with Crippen LogP contribution in [0.3, 0.4) is 0 Å². The van der Waals surface area contributed by atoms with Crippen molar-refractivity contribution >= 4 is 5.65 Å². The van der Waals surface area contributed by atoms with Crippen LogP contribution in [0.1, 0.15) is 62.2 Å². The Morgan fingerprint density at radius 2 is 2.12 bits per heavy atom. The molecule has 0 amide bonds. The molecule has 5 heteroatoms. The van der Waals surface area contributed by atoms with Gasteiger partial charge in [0.2, 0.25) is 0 Å². The average molecular weight is 337 g/mol. The van der Waals surface area contributed by atoms with Gasteiger partial charge in [0, 0.05) is 30.0 Å². The maximum atomic E-state index is 4.68. The van der Waals surface area contributed by atoms with E-state index < -0.39 is 0 Å². The summed E-state index contributed by atoms with van der Waals surface area (Å²) >= 11 is 0. The van der Waals surface area contributed by atoms with Gasteiger partial charge >= 0.3 is 0 Å². The summed E-state index contributed by atoms with van der Waals surface area (Å²) in [5, 5.41) is 8.42. The number of nitrogens with zero attached hydrogens (tertiary/aromatic N) is 4. The minimum absolute atomic E-state index is 0.0367. The van der Waals surface area contributed by atoms with Gasteiger partial charge in [0.1, 0.15) is 5.65 Å². The zero-order valence-corrected chi connectivity index (χ0v) is 15.6. The molecule has 0 saturated heterocycles. The van der Waals surface area contributed by atoms with Crippen molar-refractivity contribution in [3.8, 4) is 0 Å². The van der Waals surface area contributed by atoms with E-state index in [1.165, 1.54) is 35.4 Å². The topological polar surface area (TPSA) is 47.1 Å². The second-order valence-electron chi connectivity index (χ2n) is 8.14. The van der Waals surface area contributed by atoms with Crippen molar-refractivity contribution in [1.29, 1.82) is 0 Å². The summed E-state index contributed by atoms with van der Waals surface area (Å²) in [5.41, 5.74) is 6.25. The van der Waals surface area contributed by atoms with Crippen LogP contribution in [0.25, 0.3) is 5.65 Å². The molecule has 0 radical (unpaired) electrons. The quantitative estimate of drug-likeness (QED) is 0.791. The highest BCUT2D eigenvalue weighted by Gasteiger charge is 2.27. The molecule has 0 aliphatic heterocycles. The second-order valence-corrected chi connectivity index (χ2v) is 8.14. The number of hydrogen-bond acceptors (Lipinski definition) is 3. The van der Waals surface area contributed by atoms with Crippen molar-refractivity contribution < 1.29 is 0 Å². The van der Waals surface area contributed by atoms with Crippen LogP contribution in [0.2, 0.25) is 0 Å². The molecule has 3 aromatic rings. The van der Waals surface area contributed by atoms with Crippen LogP contribution in [0.15, 0.2) is 30.7 Å². The molecule has 0 aromatic carbocycles. The number of imidazole rings is 1. The van der Waals surface area contributed by atoms with E-state index in [1.54, 1.807) is 0 Å². The summed E-state index contributed by atoms with van der Waals surface area (Å²) in [5.74, 6) is 0. The molecule has 0 saturated carbocycles. The van der Waals surface area contributed by atoms with Gasteiger partial charge in [0.25, 0.3) is 0 Å². The molecule has 0 fully saturated rings. The molecular formula is C20H27N5. The molecule has 0 spiro atoms. The first-order valence-electron chi connectivity index (χ1n) is 9.17. The van der Waals surface area contributed by atoms with Gasteiger partial charge in [-0.2, -0.15) is 5.10 Å². The summed E-state index contributed by atoms with van der Waals surface area (Å²) in [4.78, 5) is 4.53. The smallest absolute Gasteiger partial charge is 0.137 e. The fourth-order valence-electron chi connectivity index (χ4n) is 3.84. The van der Waals surface area contributed by atoms with E-state index in [0.717, 1.165) is 18.6 Å². The van der Waals surface area contributed by atoms with Gasteiger partial charge < -0.3 is 9.72 Å². The molecular weight excluding hydrogens is 310 g/mol. The zero-order chi connectivity index (χ0) is 17.6. The molecule has 3 heterocycles.